The van der Waals surface area contributed by atoms with E-state index in [2.05, 4.69) is 41.0 Å². The van der Waals surface area contributed by atoms with Gasteiger partial charge < -0.3 is 4.74 Å². The van der Waals surface area contributed by atoms with Gasteiger partial charge in [0.15, 0.2) is 0 Å². The highest BCUT2D eigenvalue weighted by Crippen LogP contribution is 2.26. The molecule has 130 valence electrons. The Labute approximate surface area is 148 Å². The van der Waals surface area contributed by atoms with Crippen LogP contribution in [0.25, 0.3) is 10.2 Å². The van der Waals surface area contributed by atoms with E-state index in [4.69, 9.17) is 9.72 Å². The van der Waals surface area contributed by atoms with Crippen molar-refractivity contribution in [1.82, 2.24) is 14.8 Å². The predicted molar refractivity (Wildman–Crippen MR) is 99.7 cm³/mol. The number of aromatic nitrogens is 1. The highest BCUT2D eigenvalue weighted by atomic mass is 32.1. The number of likely N-dealkylation sites (tertiary alicyclic amines) is 1. The first-order chi connectivity index (χ1) is 11.8. The van der Waals surface area contributed by atoms with Gasteiger partial charge in [-0.05, 0) is 37.9 Å². The summed E-state index contributed by atoms with van der Waals surface area (Å²) >= 11 is 1.85. The monoisotopic (exact) mass is 345 g/mol. The highest BCUT2D eigenvalue weighted by Gasteiger charge is 2.28. The normalized spacial score (nSPS) is 24.6. The van der Waals surface area contributed by atoms with Crippen molar-refractivity contribution in [2.45, 2.75) is 25.8 Å². The van der Waals surface area contributed by atoms with E-state index in [1.54, 1.807) is 0 Å². The van der Waals surface area contributed by atoms with Gasteiger partial charge in [0.25, 0.3) is 0 Å². The topological polar surface area (TPSA) is 28.6 Å². The largest absolute Gasteiger partial charge is 0.379 e. The summed E-state index contributed by atoms with van der Waals surface area (Å²) < 4.78 is 6.77. The molecule has 2 atom stereocenters. The molecule has 0 radical (unpaired) electrons. The second kappa shape index (κ2) is 7.48. The minimum absolute atomic E-state index is 0.584. The number of rotatable bonds is 5. The van der Waals surface area contributed by atoms with E-state index in [0.29, 0.717) is 6.04 Å². The molecule has 0 aliphatic carbocycles. The van der Waals surface area contributed by atoms with Crippen LogP contribution in [0.5, 0.6) is 0 Å². The van der Waals surface area contributed by atoms with Crippen LogP contribution in [0.2, 0.25) is 0 Å². The first kappa shape index (κ1) is 16.5. The molecule has 2 fully saturated rings. The molecule has 2 aromatic rings. The minimum atomic E-state index is 0.584. The van der Waals surface area contributed by atoms with E-state index in [1.165, 1.54) is 35.8 Å². The number of nitrogens with zero attached hydrogens (tertiary/aromatic N) is 3. The van der Waals surface area contributed by atoms with Crippen LogP contribution in [0, 0.1) is 5.92 Å². The molecule has 0 bridgehead atoms. The van der Waals surface area contributed by atoms with Gasteiger partial charge in [0, 0.05) is 38.6 Å². The molecule has 0 saturated carbocycles. The fourth-order valence-electron chi connectivity index (χ4n) is 3.95. The second-order valence-electron chi connectivity index (χ2n) is 7.19. The molecule has 4 nitrogen and oxygen atoms in total. The Morgan fingerprint density at radius 2 is 2.08 bits per heavy atom. The first-order valence-electron chi connectivity index (χ1n) is 9.16. The number of morpholine rings is 1. The van der Waals surface area contributed by atoms with E-state index >= 15 is 0 Å². The third kappa shape index (κ3) is 3.80. The van der Waals surface area contributed by atoms with Crippen molar-refractivity contribution in [3.8, 4) is 0 Å². The van der Waals surface area contributed by atoms with Gasteiger partial charge >= 0.3 is 0 Å². The molecule has 1 aromatic carbocycles. The Kier molecular flexibility index (Phi) is 5.13. The van der Waals surface area contributed by atoms with Crippen LogP contribution in [-0.4, -0.2) is 66.8 Å². The number of hydrogen-bond donors (Lipinski definition) is 0. The Morgan fingerprint density at radius 3 is 2.92 bits per heavy atom. The minimum Gasteiger partial charge on any atom is -0.379 e. The highest BCUT2D eigenvalue weighted by molar-refractivity contribution is 7.18. The Balaban J connectivity index is 1.31. The zero-order valence-electron chi connectivity index (χ0n) is 14.5. The predicted octanol–water partition coefficient (Wildman–Crippen LogP) is 2.88. The lowest BCUT2D eigenvalue weighted by Gasteiger charge is -2.29. The molecule has 4 rings (SSSR count). The van der Waals surface area contributed by atoms with Crippen LogP contribution in [-0.2, 0) is 11.2 Å². The summed E-state index contributed by atoms with van der Waals surface area (Å²) in [6.07, 6.45) is 2.41. The molecule has 1 aromatic heterocycles. The van der Waals surface area contributed by atoms with Crippen molar-refractivity contribution in [1.29, 1.82) is 0 Å². The van der Waals surface area contributed by atoms with Gasteiger partial charge in [-0.15, -0.1) is 11.3 Å². The average molecular weight is 346 g/mol. The van der Waals surface area contributed by atoms with Crippen molar-refractivity contribution in [3.05, 3.63) is 29.3 Å². The maximum Gasteiger partial charge on any atom is 0.0954 e. The smallest absolute Gasteiger partial charge is 0.0954 e. The molecule has 5 heteroatoms. The van der Waals surface area contributed by atoms with Gasteiger partial charge in [0.05, 0.1) is 28.4 Å². The number of para-hydroxylation sites is 1. The lowest BCUT2D eigenvalue weighted by molar-refractivity contribution is 0.0309. The zero-order valence-corrected chi connectivity index (χ0v) is 15.3. The van der Waals surface area contributed by atoms with Crippen molar-refractivity contribution in [2.75, 3.05) is 45.9 Å². The van der Waals surface area contributed by atoms with Crippen molar-refractivity contribution >= 4 is 21.6 Å². The van der Waals surface area contributed by atoms with Crippen LogP contribution >= 0.6 is 11.3 Å². The molecule has 2 saturated heterocycles. The Morgan fingerprint density at radius 1 is 1.25 bits per heavy atom. The number of ether oxygens (including phenoxy) is 1. The number of benzene rings is 1. The zero-order chi connectivity index (χ0) is 16.4. The third-order valence-corrected chi connectivity index (χ3v) is 6.43. The maximum absolute atomic E-state index is 5.46. The third-order valence-electron chi connectivity index (χ3n) is 5.37. The van der Waals surface area contributed by atoms with E-state index < -0.39 is 0 Å². The van der Waals surface area contributed by atoms with Crippen molar-refractivity contribution in [3.63, 3.8) is 0 Å². The van der Waals surface area contributed by atoms with E-state index in [0.717, 1.165) is 44.2 Å². The summed E-state index contributed by atoms with van der Waals surface area (Å²) in [6, 6.07) is 9.06. The number of hydrogen-bond acceptors (Lipinski definition) is 5. The fraction of sp³-hybridized carbons (Fsp3) is 0.632. The van der Waals surface area contributed by atoms with E-state index in [1.807, 2.05) is 11.3 Å². The van der Waals surface area contributed by atoms with Crippen LogP contribution in [0.4, 0.5) is 0 Å². The van der Waals surface area contributed by atoms with E-state index in [9.17, 15) is 0 Å². The molecule has 0 unspecified atom stereocenters. The van der Waals surface area contributed by atoms with Gasteiger partial charge in [-0.3, -0.25) is 9.80 Å². The molecular weight excluding hydrogens is 318 g/mol. The summed E-state index contributed by atoms with van der Waals surface area (Å²) in [4.78, 5) is 10.0. The van der Waals surface area contributed by atoms with Crippen molar-refractivity contribution < 1.29 is 4.74 Å². The van der Waals surface area contributed by atoms with Gasteiger partial charge in [0.2, 0.25) is 0 Å². The Bertz CT molecular complexity index is 634. The molecule has 3 heterocycles. The van der Waals surface area contributed by atoms with E-state index in [-0.39, 0.29) is 0 Å². The molecule has 2 aliphatic heterocycles. The second-order valence-corrected chi connectivity index (χ2v) is 8.31. The summed E-state index contributed by atoms with van der Waals surface area (Å²) in [5, 5.41) is 1.28. The quantitative estimate of drug-likeness (QED) is 0.833. The van der Waals surface area contributed by atoms with Crippen LogP contribution < -0.4 is 0 Å². The number of thiazole rings is 1. The Hall–Kier alpha value is -1.01. The van der Waals surface area contributed by atoms with Gasteiger partial charge in [-0.25, -0.2) is 4.98 Å². The lowest BCUT2D eigenvalue weighted by atomic mass is 10.1. The van der Waals surface area contributed by atoms with Crippen LogP contribution in [0.15, 0.2) is 24.3 Å². The fourth-order valence-corrected chi connectivity index (χ4v) is 5.04. The molecule has 0 amide bonds. The first-order valence-corrected chi connectivity index (χ1v) is 9.98. The lowest BCUT2D eigenvalue weighted by Crippen LogP contribution is -2.40. The summed E-state index contributed by atoms with van der Waals surface area (Å²) in [6.45, 7) is 10.1. The van der Waals surface area contributed by atoms with Crippen LogP contribution in [0.1, 0.15) is 18.4 Å². The number of fused-ring (bicyclic) bond motifs is 1. The van der Waals surface area contributed by atoms with Gasteiger partial charge in [-0.2, -0.15) is 0 Å². The molecule has 24 heavy (non-hydrogen) atoms. The maximum atomic E-state index is 5.46. The average Bonchev–Trinajstić information content (AvgIpc) is 3.22. The van der Waals surface area contributed by atoms with Gasteiger partial charge in [0.1, 0.15) is 0 Å². The molecule has 0 N–H and O–H groups in total. The summed E-state index contributed by atoms with van der Waals surface area (Å²) in [7, 11) is 0. The van der Waals surface area contributed by atoms with Gasteiger partial charge in [-0.1, -0.05) is 12.1 Å². The standard InChI is InChI=1S/C19H27N3OS/c1-15(12-19-20-17-4-2-3-5-18(17)24-19)22-7-6-16(14-22)13-21-8-10-23-11-9-21/h2-5,15-16H,6-14H2,1H3/t15-,16-/m1/s1. The van der Waals surface area contributed by atoms with Crippen molar-refractivity contribution in [2.24, 2.45) is 5.92 Å². The molecule has 2 aliphatic rings. The molecular formula is C19H27N3OS. The summed E-state index contributed by atoms with van der Waals surface area (Å²) in [5.74, 6) is 0.820. The summed E-state index contributed by atoms with van der Waals surface area (Å²) in [5.41, 5.74) is 1.15. The SMILES string of the molecule is C[C@H](Cc1nc2ccccc2s1)N1CC[C@H](CN2CCOCC2)C1. The molecule has 0 spiro atoms. The van der Waals surface area contributed by atoms with Crippen LogP contribution in [0.3, 0.4) is 0 Å².